The summed E-state index contributed by atoms with van der Waals surface area (Å²) in [5.41, 5.74) is 3.05. The number of fused-ring (bicyclic) bond motifs is 1. The molecule has 3 aromatic rings. The lowest BCUT2D eigenvalue weighted by Crippen LogP contribution is -2.26. The number of aromatic amines is 1. The third kappa shape index (κ3) is 4.28. The number of H-pyrrole nitrogens is 1. The third-order valence-corrected chi connectivity index (χ3v) is 3.87. The lowest BCUT2D eigenvalue weighted by Gasteiger charge is -2.21. The predicted octanol–water partition coefficient (Wildman–Crippen LogP) is 3.33. The van der Waals surface area contributed by atoms with Crippen molar-refractivity contribution in [3.63, 3.8) is 0 Å². The number of ether oxygens (including phenoxy) is 1. The van der Waals surface area contributed by atoms with Crippen molar-refractivity contribution in [3.8, 4) is 0 Å². The van der Waals surface area contributed by atoms with Crippen molar-refractivity contribution in [2.24, 2.45) is 0 Å². The molecule has 130 valence electrons. The van der Waals surface area contributed by atoms with E-state index >= 15 is 0 Å². The van der Waals surface area contributed by atoms with Crippen molar-refractivity contribution in [2.45, 2.75) is 13.0 Å². The van der Waals surface area contributed by atoms with E-state index in [1.165, 1.54) is 12.1 Å². The maximum atomic E-state index is 11.7. The van der Waals surface area contributed by atoms with Crippen LogP contribution in [0.15, 0.2) is 54.7 Å². The van der Waals surface area contributed by atoms with Crippen molar-refractivity contribution in [1.82, 2.24) is 10.3 Å². The van der Waals surface area contributed by atoms with Gasteiger partial charge in [0.25, 0.3) is 0 Å². The van der Waals surface area contributed by atoms with Gasteiger partial charge < -0.3 is 25.5 Å². The Morgan fingerprint density at radius 3 is 2.72 bits per heavy atom. The summed E-state index contributed by atoms with van der Waals surface area (Å²) in [6, 6.07) is 14.1. The molecule has 1 heterocycles. The second-order valence-corrected chi connectivity index (χ2v) is 5.55. The van der Waals surface area contributed by atoms with E-state index in [0.717, 1.165) is 22.0 Å². The zero-order valence-corrected chi connectivity index (χ0v) is 13.4. The molecule has 0 spiro atoms. The van der Waals surface area contributed by atoms with Crippen LogP contribution < -0.4 is 10.5 Å². The highest BCUT2D eigenvalue weighted by Gasteiger charge is 2.05. The molecule has 7 nitrogen and oxygen atoms in total. The summed E-state index contributed by atoms with van der Waals surface area (Å²) in [4.78, 5) is 14.9. The Bertz CT molecular complexity index is 843. The first kappa shape index (κ1) is 16.8. The van der Waals surface area contributed by atoms with E-state index in [0.29, 0.717) is 13.0 Å². The average molecular weight is 340 g/mol. The Morgan fingerprint density at radius 2 is 1.96 bits per heavy atom. The van der Waals surface area contributed by atoms with Crippen LogP contribution in [0.5, 0.6) is 0 Å². The van der Waals surface area contributed by atoms with Crippen molar-refractivity contribution < 1.29 is 14.7 Å². The van der Waals surface area contributed by atoms with Crippen LogP contribution in [0.3, 0.4) is 0 Å². The van der Waals surface area contributed by atoms with E-state index in [9.17, 15) is 10.0 Å². The molecule has 0 radical (unpaired) electrons. The number of rotatable bonds is 6. The number of nitrogens with zero attached hydrogens (tertiary/aromatic N) is 1. The van der Waals surface area contributed by atoms with Gasteiger partial charge in [0.2, 0.25) is 0 Å². The fourth-order valence-electron chi connectivity index (χ4n) is 2.56. The fourth-order valence-corrected chi connectivity index (χ4v) is 2.56. The number of anilines is 1. The first-order chi connectivity index (χ1) is 12.1. The highest BCUT2D eigenvalue weighted by molar-refractivity contribution is 5.83. The van der Waals surface area contributed by atoms with Crippen LogP contribution in [0, 0.1) is 5.21 Å². The fraction of sp³-hybridized carbons (Fsp3) is 0.167. The molecular weight excluding hydrogens is 322 g/mol. The van der Waals surface area contributed by atoms with E-state index in [2.05, 4.69) is 10.3 Å². The minimum Gasteiger partial charge on any atom is -0.733 e. The Labute approximate surface area is 144 Å². The van der Waals surface area contributed by atoms with Crippen LogP contribution in [-0.2, 0) is 17.8 Å². The van der Waals surface area contributed by atoms with Crippen LogP contribution in [0.4, 0.5) is 10.5 Å². The molecule has 0 unspecified atom stereocenters. The average Bonchev–Trinajstić information content (AvgIpc) is 3.04. The van der Waals surface area contributed by atoms with E-state index in [1.807, 2.05) is 30.5 Å². The summed E-state index contributed by atoms with van der Waals surface area (Å²) in [6.07, 6.45) is 2.14. The lowest BCUT2D eigenvalue weighted by molar-refractivity contribution is 0.140. The Balaban J connectivity index is 1.43. The van der Waals surface area contributed by atoms with Gasteiger partial charge >= 0.3 is 6.09 Å². The van der Waals surface area contributed by atoms with Gasteiger partial charge in [-0.3, -0.25) is 5.21 Å². The standard InChI is InChI=1S/C18H18N3O4/c22-18(25-12-13-5-7-15(8-6-13)21(23)24)19-10-9-14-11-20-17-4-2-1-3-16(14)17/h1-8,11,20,23H,9-10,12H2,(H,19,22)/q-1. The Hall–Kier alpha value is -3.03. The van der Waals surface area contributed by atoms with Crippen LogP contribution in [-0.4, -0.2) is 22.8 Å². The number of hydrogen-bond acceptors (Lipinski definition) is 5. The number of alkyl carbamates (subject to hydrolysis) is 1. The molecule has 3 N–H and O–H groups in total. The molecule has 0 atom stereocenters. The topological polar surface area (TPSA) is 101 Å². The van der Waals surface area contributed by atoms with Gasteiger partial charge in [0, 0.05) is 23.6 Å². The van der Waals surface area contributed by atoms with E-state index in [1.54, 1.807) is 12.1 Å². The predicted molar refractivity (Wildman–Crippen MR) is 94.3 cm³/mol. The summed E-state index contributed by atoms with van der Waals surface area (Å²) in [7, 11) is 0. The highest BCUT2D eigenvalue weighted by atomic mass is 16.8. The SMILES string of the molecule is O=C(NCCc1c[nH]c2ccccc12)OCc1ccc(N([O-])O)cc1. The molecule has 0 bridgehead atoms. The molecule has 7 heteroatoms. The number of amides is 1. The van der Waals surface area contributed by atoms with Gasteiger partial charge in [-0.25, -0.2) is 4.79 Å². The summed E-state index contributed by atoms with van der Waals surface area (Å²) in [5.74, 6) is 0. The molecule has 1 amide bonds. The van der Waals surface area contributed by atoms with Crippen LogP contribution in [0.2, 0.25) is 0 Å². The maximum Gasteiger partial charge on any atom is 0.407 e. The molecule has 0 aliphatic heterocycles. The van der Waals surface area contributed by atoms with Crippen LogP contribution in [0.25, 0.3) is 10.9 Å². The Morgan fingerprint density at radius 1 is 1.20 bits per heavy atom. The van der Waals surface area contributed by atoms with Crippen molar-refractivity contribution in [3.05, 3.63) is 71.1 Å². The van der Waals surface area contributed by atoms with Crippen molar-refractivity contribution in [2.75, 3.05) is 11.8 Å². The molecule has 2 aromatic carbocycles. The summed E-state index contributed by atoms with van der Waals surface area (Å²) in [6.45, 7) is 0.554. The first-order valence-electron chi connectivity index (χ1n) is 7.84. The lowest BCUT2D eigenvalue weighted by atomic mass is 10.1. The van der Waals surface area contributed by atoms with Crippen LogP contribution in [0.1, 0.15) is 11.1 Å². The third-order valence-electron chi connectivity index (χ3n) is 3.87. The summed E-state index contributed by atoms with van der Waals surface area (Å²) < 4.78 is 5.12. The smallest absolute Gasteiger partial charge is 0.407 e. The molecule has 1 aromatic heterocycles. The van der Waals surface area contributed by atoms with E-state index in [-0.39, 0.29) is 17.5 Å². The van der Waals surface area contributed by atoms with Gasteiger partial charge in [-0.2, -0.15) is 0 Å². The number of carbonyl (C=O) groups is 1. The quantitative estimate of drug-likeness (QED) is 0.598. The molecule has 0 saturated heterocycles. The highest BCUT2D eigenvalue weighted by Crippen LogP contribution is 2.17. The summed E-state index contributed by atoms with van der Waals surface area (Å²) in [5, 5.41) is 23.1. The van der Waals surface area contributed by atoms with E-state index in [4.69, 9.17) is 9.94 Å². The number of para-hydroxylation sites is 1. The molecule has 25 heavy (non-hydrogen) atoms. The molecule has 0 aliphatic rings. The normalized spacial score (nSPS) is 10.6. The molecule has 3 rings (SSSR count). The number of benzene rings is 2. The van der Waals surface area contributed by atoms with Crippen molar-refractivity contribution in [1.29, 1.82) is 0 Å². The molecule has 0 aliphatic carbocycles. The largest absolute Gasteiger partial charge is 0.733 e. The van der Waals surface area contributed by atoms with Crippen LogP contribution >= 0.6 is 0 Å². The number of hydrogen-bond donors (Lipinski definition) is 3. The zero-order valence-electron chi connectivity index (χ0n) is 13.4. The second-order valence-electron chi connectivity index (χ2n) is 5.55. The monoisotopic (exact) mass is 340 g/mol. The van der Waals surface area contributed by atoms with Gasteiger partial charge in [-0.15, -0.1) is 0 Å². The summed E-state index contributed by atoms with van der Waals surface area (Å²) >= 11 is 0. The van der Waals surface area contributed by atoms with Gasteiger partial charge in [-0.05, 0) is 35.7 Å². The number of nitrogens with one attached hydrogen (secondary N) is 2. The van der Waals surface area contributed by atoms with Gasteiger partial charge in [0.15, 0.2) is 0 Å². The molecule has 0 fully saturated rings. The first-order valence-corrected chi connectivity index (χ1v) is 7.84. The number of aromatic nitrogens is 1. The Kier molecular flexibility index (Phi) is 5.17. The van der Waals surface area contributed by atoms with Gasteiger partial charge in [0.05, 0.1) is 5.69 Å². The minimum atomic E-state index is -0.503. The molecular formula is C18H18N3O4-. The second kappa shape index (κ2) is 7.69. The van der Waals surface area contributed by atoms with E-state index < -0.39 is 6.09 Å². The zero-order chi connectivity index (χ0) is 17.6. The minimum absolute atomic E-state index is 0.0868. The number of carbonyl (C=O) groups excluding carboxylic acids is 1. The van der Waals surface area contributed by atoms with Gasteiger partial charge in [0.1, 0.15) is 6.61 Å². The molecule has 0 saturated carbocycles. The van der Waals surface area contributed by atoms with Gasteiger partial charge in [-0.1, -0.05) is 30.3 Å². The maximum absolute atomic E-state index is 11.7. The van der Waals surface area contributed by atoms with Crippen molar-refractivity contribution >= 4 is 22.7 Å².